The number of ether oxygens (including phenoxy) is 1. The minimum atomic E-state index is -0.0587. The zero-order valence-corrected chi connectivity index (χ0v) is 9.30. The minimum absolute atomic E-state index is 0.0587. The number of carbonyl (C=O) groups excluding carboxylic acids is 1. The highest BCUT2D eigenvalue weighted by molar-refractivity contribution is 5.73. The normalized spacial score (nSPS) is 9.93. The van der Waals surface area contributed by atoms with E-state index in [9.17, 15) is 4.79 Å². The average Bonchev–Trinajstić information content (AvgIpc) is 2.16. The summed E-state index contributed by atoms with van der Waals surface area (Å²) in [5.41, 5.74) is 0. The Morgan fingerprint density at radius 2 is 2.00 bits per heavy atom. The first-order chi connectivity index (χ1) is 6.68. The monoisotopic (exact) mass is 203 g/mol. The van der Waals surface area contributed by atoms with Gasteiger partial charge in [-0.1, -0.05) is 0 Å². The lowest BCUT2D eigenvalue weighted by Gasteiger charge is -2.12. The van der Waals surface area contributed by atoms with Crippen molar-refractivity contribution in [3.63, 3.8) is 0 Å². The second kappa shape index (κ2) is 8.77. The standard InChI is InChI=1S/C9H21N3O2/c1-4-14-8-7-10-5-6-11-9(13)12(2)3/h10H,4-8H2,1-3H3,(H,11,13). The van der Waals surface area contributed by atoms with Crippen LogP contribution in [0.25, 0.3) is 0 Å². The Morgan fingerprint density at radius 3 is 2.57 bits per heavy atom. The molecular formula is C9H21N3O2. The fourth-order valence-corrected chi connectivity index (χ4v) is 0.830. The van der Waals surface area contributed by atoms with Gasteiger partial charge in [-0.25, -0.2) is 4.79 Å². The van der Waals surface area contributed by atoms with Crippen molar-refractivity contribution in [2.75, 3.05) is 46.9 Å². The minimum Gasteiger partial charge on any atom is -0.380 e. The Balaban J connectivity index is 3.10. The van der Waals surface area contributed by atoms with E-state index in [0.717, 1.165) is 26.3 Å². The molecule has 0 saturated heterocycles. The van der Waals surface area contributed by atoms with Crippen LogP contribution in [0, 0.1) is 0 Å². The molecule has 2 N–H and O–H groups in total. The summed E-state index contributed by atoms with van der Waals surface area (Å²) in [6, 6.07) is -0.0587. The Kier molecular flexibility index (Phi) is 8.27. The molecule has 0 aliphatic heterocycles. The fourth-order valence-electron chi connectivity index (χ4n) is 0.830. The highest BCUT2D eigenvalue weighted by Gasteiger charge is 1.99. The summed E-state index contributed by atoms with van der Waals surface area (Å²) in [5.74, 6) is 0. The molecule has 0 aliphatic carbocycles. The molecule has 0 bridgehead atoms. The van der Waals surface area contributed by atoms with Gasteiger partial charge >= 0.3 is 6.03 Å². The highest BCUT2D eigenvalue weighted by Crippen LogP contribution is 1.75. The maximum Gasteiger partial charge on any atom is 0.316 e. The Hall–Kier alpha value is -0.810. The third kappa shape index (κ3) is 7.82. The molecule has 0 rings (SSSR count). The van der Waals surface area contributed by atoms with Crippen LogP contribution in [0.4, 0.5) is 4.79 Å². The zero-order valence-electron chi connectivity index (χ0n) is 9.30. The molecule has 5 nitrogen and oxygen atoms in total. The van der Waals surface area contributed by atoms with Crippen LogP contribution in [0.15, 0.2) is 0 Å². The number of carbonyl (C=O) groups is 1. The maximum absolute atomic E-state index is 11.0. The van der Waals surface area contributed by atoms with Gasteiger partial charge in [-0.3, -0.25) is 0 Å². The smallest absolute Gasteiger partial charge is 0.316 e. The molecule has 0 atom stereocenters. The first-order valence-electron chi connectivity index (χ1n) is 4.92. The van der Waals surface area contributed by atoms with Crippen LogP contribution < -0.4 is 10.6 Å². The Labute approximate surface area is 85.8 Å². The lowest BCUT2D eigenvalue weighted by atomic mass is 10.5. The van der Waals surface area contributed by atoms with E-state index in [1.54, 1.807) is 14.1 Å². The Bertz CT molecular complexity index is 151. The number of nitrogens with one attached hydrogen (secondary N) is 2. The molecule has 14 heavy (non-hydrogen) atoms. The zero-order chi connectivity index (χ0) is 10.8. The van der Waals surface area contributed by atoms with Gasteiger partial charge < -0.3 is 20.3 Å². The van der Waals surface area contributed by atoms with Crippen molar-refractivity contribution in [3.8, 4) is 0 Å². The van der Waals surface area contributed by atoms with Crippen molar-refractivity contribution in [1.82, 2.24) is 15.5 Å². The van der Waals surface area contributed by atoms with Crippen LogP contribution >= 0.6 is 0 Å². The predicted molar refractivity (Wildman–Crippen MR) is 56.4 cm³/mol. The van der Waals surface area contributed by atoms with Crippen LogP contribution in [-0.2, 0) is 4.74 Å². The summed E-state index contributed by atoms with van der Waals surface area (Å²) in [6.07, 6.45) is 0. The molecule has 0 fully saturated rings. The molecule has 0 spiro atoms. The van der Waals surface area contributed by atoms with Crippen molar-refractivity contribution < 1.29 is 9.53 Å². The first kappa shape index (κ1) is 13.2. The van der Waals surface area contributed by atoms with Crippen LogP contribution in [0.5, 0.6) is 0 Å². The molecule has 5 heteroatoms. The molecule has 0 aliphatic rings. The topological polar surface area (TPSA) is 53.6 Å². The number of hydrogen-bond donors (Lipinski definition) is 2. The fraction of sp³-hybridized carbons (Fsp3) is 0.889. The van der Waals surface area contributed by atoms with Gasteiger partial charge in [-0.15, -0.1) is 0 Å². The van der Waals surface area contributed by atoms with Crippen molar-refractivity contribution >= 4 is 6.03 Å². The lowest BCUT2D eigenvalue weighted by molar-refractivity contribution is 0.149. The van der Waals surface area contributed by atoms with Gasteiger partial charge in [0.2, 0.25) is 0 Å². The molecule has 0 radical (unpaired) electrons. The Morgan fingerprint density at radius 1 is 1.29 bits per heavy atom. The number of hydrogen-bond acceptors (Lipinski definition) is 3. The van der Waals surface area contributed by atoms with Crippen LogP contribution in [0.1, 0.15) is 6.92 Å². The van der Waals surface area contributed by atoms with E-state index in [1.807, 2.05) is 6.92 Å². The van der Waals surface area contributed by atoms with Gasteiger partial charge in [0.1, 0.15) is 0 Å². The number of nitrogens with zero attached hydrogens (tertiary/aromatic N) is 1. The van der Waals surface area contributed by atoms with Crippen molar-refractivity contribution in [3.05, 3.63) is 0 Å². The summed E-state index contributed by atoms with van der Waals surface area (Å²) in [7, 11) is 3.44. The van der Waals surface area contributed by atoms with E-state index in [0.29, 0.717) is 6.54 Å². The second-order valence-electron chi connectivity index (χ2n) is 3.07. The number of amides is 2. The summed E-state index contributed by atoms with van der Waals surface area (Å²) >= 11 is 0. The van der Waals surface area contributed by atoms with Crippen LogP contribution in [-0.4, -0.2) is 57.9 Å². The number of rotatable bonds is 7. The third-order valence-electron chi connectivity index (χ3n) is 1.61. The molecule has 0 saturated carbocycles. The predicted octanol–water partition coefficient (Wildman–Crippen LogP) is -0.116. The van der Waals surface area contributed by atoms with E-state index >= 15 is 0 Å². The molecule has 0 aromatic carbocycles. The summed E-state index contributed by atoms with van der Waals surface area (Å²) in [6.45, 7) is 5.68. The first-order valence-corrected chi connectivity index (χ1v) is 4.92. The van der Waals surface area contributed by atoms with E-state index in [1.165, 1.54) is 4.90 Å². The summed E-state index contributed by atoms with van der Waals surface area (Å²) in [4.78, 5) is 12.6. The SMILES string of the molecule is CCOCCNCCNC(=O)N(C)C. The van der Waals surface area contributed by atoms with Gasteiger partial charge in [-0.2, -0.15) is 0 Å². The third-order valence-corrected chi connectivity index (χ3v) is 1.61. The van der Waals surface area contributed by atoms with Gasteiger partial charge in [0.25, 0.3) is 0 Å². The maximum atomic E-state index is 11.0. The number of urea groups is 1. The van der Waals surface area contributed by atoms with E-state index < -0.39 is 0 Å². The average molecular weight is 203 g/mol. The molecule has 0 unspecified atom stereocenters. The van der Waals surface area contributed by atoms with Crippen molar-refractivity contribution in [2.45, 2.75) is 6.92 Å². The van der Waals surface area contributed by atoms with E-state index in [2.05, 4.69) is 10.6 Å². The molecule has 0 aromatic rings. The second-order valence-corrected chi connectivity index (χ2v) is 3.07. The summed E-state index contributed by atoms with van der Waals surface area (Å²) in [5, 5.41) is 5.91. The molecular weight excluding hydrogens is 182 g/mol. The van der Waals surface area contributed by atoms with Crippen molar-refractivity contribution in [1.29, 1.82) is 0 Å². The molecule has 0 heterocycles. The lowest BCUT2D eigenvalue weighted by Crippen LogP contribution is -2.38. The molecule has 84 valence electrons. The largest absolute Gasteiger partial charge is 0.380 e. The van der Waals surface area contributed by atoms with E-state index in [4.69, 9.17) is 4.74 Å². The molecule has 0 aromatic heterocycles. The van der Waals surface area contributed by atoms with Crippen LogP contribution in [0.3, 0.4) is 0 Å². The molecule has 2 amide bonds. The van der Waals surface area contributed by atoms with Crippen LogP contribution in [0.2, 0.25) is 0 Å². The highest BCUT2D eigenvalue weighted by atomic mass is 16.5. The summed E-state index contributed by atoms with van der Waals surface area (Å²) < 4.78 is 5.14. The quantitative estimate of drug-likeness (QED) is 0.567. The van der Waals surface area contributed by atoms with Crippen molar-refractivity contribution in [2.24, 2.45) is 0 Å². The van der Waals surface area contributed by atoms with Gasteiger partial charge in [0.15, 0.2) is 0 Å². The van der Waals surface area contributed by atoms with Gasteiger partial charge in [0.05, 0.1) is 6.61 Å². The van der Waals surface area contributed by atoms with E-state index in [-0.39, 0.29) is 6.03 Å². The van der Waals surface area contributed by atoms with Gasteiger partial charge in [-0.05, 0) is 6.92 Å². The van der Waals surface area contributed by atoms with Gasteiger partial charge in [0, 0.05) is 40.3 Å².